The highest BCUT2D eigenvalue weighted by molar-refractivity contribution is 6.00. The lowest BCUT2D eigenvalue weighted by atomic mass is 10.0. The first-order valence-corrected chi connectivity index (χ1v) is 11.6. The van der Waals surface area contributed by atoms with Gasteiger partial charge in [-0.2, -0.15) is 13.2 Å². The number of carboxylic acid groups (broad SMARTS) is 1. The summed E-state index contributed by atoms with van der Waals surface area (Å²) < 4.78 is 44.0. The number of hydrogen-bond donors (Lipinski definition) is 3. The van der Waals surface area contributed by atoms with E-state index in [0.29, 0.717) is 25.1 Å². The minimum absolute atomic E-state index is 0.0588. The number of methoxy groups -OCH3 is 1. The van der Waals surface area contributed by atoms with E-state index >= 15 is 0 Å². The number of ether oxygens (including phenoxy) is 1. The van der Waals surface area contributed by atoms with E-state index in [1.807, 2.05) is 0 Å². The summed E-state index contributed by atoms with van der Waals surface area (Å²) in [6, 6.07) is 14.7. The number of benzene rings is 3. The molecule has 0 bridgehead atoms. The first-order valence-electron chi connectivity index (χ1n) is 11.6. The van der Waals surface area contributed by atoms with Gasteiger partial charge in [-0.1, -0.05) is 24.3 Å². The summed E-state index contributed by atoms with van der Waals surface area (Å²) in [6.07, 6.45) is -3.55. The van der Waals surface area contributed by atoms with Crippen LogP contribution in [0.2, 0.25) is 0 Å². The van der Waals surface area contributed by atoms with Crippen molar-refractivity contribution in [2.24, 2.45) is 0 Å². The molecule has 0 aromatic heterocycles. The summed E-state index contributed by atoms with van der Waals surface area (Å²) in [5.74, 6) is -1.55. The number of nitrogens with one attached hydrogen (secondary N) is 2. The standard InChI is InChI=1S/C27H24F3N3O5/c1-38-23-15-19(27(28,29)30)10-13-21(23)32-26(37)33-14-2-3-22(33)24(34)31-20-11-8-17(9-12-20)16-4-6-18(7-5-16)25(35)36/h4-13,15,22H,2-3,14H2,1H3,(H,31,34)(H,32,37)(H,35,36)/t22-/m1/s1. The first-order chi connectivity index (χ1) is 18.1. The molecule has 8 nitrogen and oxygen atoms in total. The highest BCUT2D eigenvalue weighted by atomic mass is 19.4. The summed E-state index contributed by atoms with van der Waals surface area (Å²) in [4.78, 5) is 38.3. The Kier molecular flexibility index (Phi) is 7.56. The summed E-state index contributed by atoms with van der Waals surface area (Å²) in [5, 5.41) is 14.4. The van der Waals surface area contributed by atoms with Gasteiger partial charge >= 0.3 is 18.2 Å². The second kappa shape index (κ2) is 10.8. The average Bonchev–Trinajstić information content (AvgIpc) is 3.39. The van der Waals surface area contributed by atoms with Crippen molar-refractivity contribution in [3.63, 3.8) is 0 Å². The minimum Gasteiger partial charge on any atom is -0.495 e. The highest BCUT2D eigenvalue weighted by Gasteiger charge is 2.35. The van der Waals surface area contributed by atoms with Gasteiger partial charge in [0.2, 0.25) is 5.91 Å². The molecule has 4 rings (SSSR count). The lowest BCUT2D eigenvalue weighted by molar-refractivity contribution is -0.137. The Morgan fingerprint density at radius 3 is 2.16 bits per heavy atom. The number of carboxylic acids is 1. The van der Waals surface area contributed by atoms with Crippen LogP contribution in [0.25, 0.3) is 11.1 Å². The first kappa shape index (κ1) is 26.5. The van der Waals surface area contributed by atoms with E-state index in [2.05, 4.69) is 10.6 Å². The van der Waals surface area contributed by atoms with Crippen LogP contribution in [-0.2, 0) is 11.0 Å². The van der Waals surface area contributed by atoms with Gasteiger partial charge in [0.15, 0.2) is 0 Å². The summed E-state index contributed by atoms with van der Waals surface area (Å²) in [5.41, 5.74) is 1.48. The zero-order valence-electron chi connectivity index (χ0n) is 20.2. The van der Waals surface area contributed by atoms with Crippen molar-refractivity contribution >= 4 is 29.3 Å². The second-order valence-corrected chi connectivity index (χ2v) is 8.64. The van der Waals surface area contributed by atoms with Gasteiger partial charge < -0.3 is 25.4 Å². The number of halogens is 3. The molecule has 0 unspecified atom stereocenters. The molecule has 0 spiro atoms. The lowest BCUT2D eigenvalue weighted by Gasteiger charge is -2.25. The van der Waals surface area contributed by atoms with Crippen LogP contribution in [-0.4, -0.2) is 47.6 Å². The number of urea groups is 1. The van der Waals surface area contributed by atoms with Gasteiger partial charge in [0.25, 0.3) is 0 Å². The van der Waals surface area contributed by atoms with Crippen molar-refractivity contribution in [2.45, 2.75) is 25.1 Å². The number of aromatic carboxylic acids is 1. The Bertz CT molecular complexity index is 1340. The fourth-order valence-electron chi connectivity index (χ4n) is 4.22. The Labute approximate surface area is 216 Å². The van der Waals surface area contributed by atoms with Crippen LogP contribution in [0.1, 0.15) is 28.8 Å². The van der Waals surface area contributed by atoms with E-state index in [9.17, 15) is 27.6 Å². The SMILES string of the molecule is COc1cc(C(F)(F)F)ccc1NC(=O)N1CCC[C@@H]1C(=O)Nc1ccc(-c2ccc(C(=O)O)cc2)cc1. The van der Waals surface area contributed by atoms with Crippen molar-refractivity contribution < 1.29 is 37.4 Å². The molecule has 1 heterocycles. The topological polar surface area (TPSA) is 108 Å². The van der Waals surface area contributed by atoms with Gasteiger partial charge in [-0.15, -0.1) is 0 Å². The minimum atomic E-state index is -4.56. The van der Waals surface area contributed by atoms with Crippen LogP contribution in [0.15, 0.2) is 66.7 Å². The number of nitrogens with zero attached hydrogens (tertiary/aromatic N) is 1. The van der Waals surface area contributed by atoms with E-state index in [0.717, 1.165) is 29.3 Å². The van der Waals surface area contributed by atoms with Gasteiger partial charge in [0, 0.05) is 12.2 Å². The molecule has 1 fully saturated rings. The Hall–Kier alpha value is -4.54. The molecule has 1 atom stereocenters. The normalized spacial score (nSPS) is 15.2. The monoisotopic (exact) mass is 527 g/mol. The molecule has 198 valence electrons. The maximum atomic E-state index is 13.0. The maximum Gasteiger partial charge on any atom is 0.416 e. The summed E-state index contributed by atoms with van der Waals surface area (Å²) >= 11 is 0. The van der Waals surface area contributed by atoms with Crippen molar-refractivity contribution in [3.8, 4) is 16.9 Å². The molecule has 1 aliphatic heterocycles. The number of carbonyl (C=O) groups is 3. The van der Waals surface area contributed by atoms with E-state index < -0.39 is 35.7 Å². The molecule has 11 heteroatoms. The smallest absolute Gasteiger partial charge is 0.416 e. The molecule has 3 N–H and O–H groups in total. The zero-order valence-corrected chi connectivity index (χ0v) is 20.2. The van der Waals surface area contributed by atoms with E-state index in [1.54, 1.807) is 36.4 Å². The number of amides is 3. The van der Waals surface area contributed by atoms with Gasteiger partial charge in [0.05, 0.1) is 23.9 Å². The number of alkyl halides is 3. The molecule has 1 saturated heterocycles. The van der Waals surface area contributed by atoms with Crippen LogP contribution in [0.3, 0.4) is 0 Å². The number of likely N-dealkylation sites (tertiary alicyclic amines) is 1. The molecule has 1 aliphatic rings. The lowest BCUT2D eigenvalue weighted by Crippen LogP contribution is -2.45. The van der Waals surface area contributed by atoms with Gasteiger partial charge in [-0.25, -0.2) is 9.59 Å². The second-order valence-electron chi connectivity index (χ2n) is 8.64. The predicted octanol–water partition coefficient (Wildman–Crippen LogP) is 5.71. The number of rotatable bonds is 6. The number of anilines is 2. The van der Waals surface area contributed by atoms with Crippen molar-refractivity contribution in [1.82, 2.24) is 4.90 Å². The van der Waals surface area contributed by atoms with Crippen LogP contribution in [0.4, 0.5) is 29.3 Å². The largest absolute Gasteiger partial charge is 0.495 e. The Balaban J connectivity index is 1.41. The maximum absolute atomic E-state index is 13.0. The third-order valence-corrected chi connectivity index (χ3v) is 6.20. The molecular formula is C27H24F3N3O5. The van der Waals surface area contributed by atoms with E-state index in [1.165, 1.54) is 24.1 Å². The molecule has 3 aromatic rings. The van der Waals surface area contributed by atoms with Crippen LogP contribution in [0.5, 0.6) is 5.75 Å². The van der Waals surface area contributed by atoms with Crippen molar-refractivity contribution in [3.05, 3.63) is 77.9 Å². The average molecular weight is 527 g/mol. The van der Waals surface area contributed by atoms with Gasteiger partial charge in [-0.3, -0.25) is 4.79 Å². The van der Waals surface area contributed by atoms with Gasteiger partial charge in [-0.05, 0) is 66.4 Å². The molecule has 0 saturated carbocycles. The molecular weight excluding hydrogens is 503 g/mol. The predicted molar refractivity (Wildman–Crippen MR) is 134 cm³/mol. The molecule has 3 amide bonds. The Morgan fingerprint density at radius 2 is 1.58 bits per heavy atom. The van der Waals surface area contributed by atoms with Crippen molar-refractivity contribution in [2.75, 3.05) is 24.3 Å². The quantitative estimate of drug-likeness (QED) is 0.380. The molecule has 0 radical (unpaired) electrons. The molecule has 3 aromatic carbocycles. The summed E-state index contributed by atoms with van der Waals surface area (Å²) in [7, 11) is 1.20. The Morgan fingerprint density at radius 1 is 0.947 bits per heavy atom. The molecule has 38 heavy (non-hydrogen) atoms. The fraction of sp³-hybridized carbons (Fsp3) is 0.222. The van der Waals surface area contributed by atoms with Crippen LogP contribution >= 0.6 is 0 Å². The number of hydrogen-bond acceptors (Lipinski definition) is 4. The summed E-state index contributed by atoms with van der Waals surface area (Å²) in [6.45, 7) is 0.304. The van der Waals surface area contributed by atoms with Crippen molar-refractivity contribution in [1.29, 1.82) is 0 Å². The van der Waals surface area contributed by atoms with Gasteiger partial charge in [0.1, 0.15) is 11.8 Å². The van der Waals surface area contributed by atoms with E-state index in [4.69, 9.17) is 9.84 Å². The highest BCUT2D eigenvalue weighted by Crippen LogP contribution is 2.35. The third kappa shape index (κ3) is 5.88. The van der Waals surface area contributed by atoms with Crippen LogP contribution < -0.4 is 15.4 Å². The zero-order chi connectivity index (χ0) is 27.4. The van der Waals surface area contributed by atoms with Crippen LogP contribution in [0, 0.1) is 0 Å². The number of carbonyl (C=O) groups excluding carboxylic acids is 2. The third-order valence-electron chi connectivity index (χ3n) is 6.20. The molecule has 0 aliphatic carbocycles. The van der Waals surface area contributed by atoms with E-state index in [-0.39, 0.29) is 17.0 Å². The fourth-order valence-corrected chi connectivity index (χ4v) is 4.22.